The first-order valence-electron chi connectivity index (χ1n) is 12.0. The maximum atomic E-state index is 14.1. The predicted molar refractivity (Wildman–Crippen MR) is 146 cm³/mol. The van der Waals surface area contributed by atoms with Gasteiger partial charge in [-0.05, 0) is 64.5 Å². The lowest BCUT2D eigenvalue weighted by molar-refractivity contribution is 0.178. The van der Waals surface area contributed by atoms with E-state index in [1.54, 1.807) is 6.07 Å². The standard InChI is InChI=1S/C28H30BrFN4O2/c1-3-18-35-28-24(29)12-13-27(32-28)31-22-8-10-23(11-9-22)36-20-21(2)19-33-14-16-34(17-15-33)26-7-5-4-6-25(26)30/h1,4-13,21H,14-20H2,2H3,(H,31,32). The number of anilines is 3. The molecule has 1 atom stereocenters. The summed E-state index contributed by atoms with van der Waals surface area (Å²) in [6.07, 6.45) is 5.26. The van der Waals surface area contributed by atoms with Gasteiger partial charge in [-0.2, -0.15) is 4.98 Å². The first-order chi connectivity index (χ1) is 17.5. The van der Waals surface area contributed by atoms with E-state index in [0.717, 1.165) is 48.6 Å². The number of terminal acetylenes is 1. The topological polar surface area (TPSA) is 49.9 Å². The summed E-state index contributed by atoms with van der Waals surface area (Å²) in [6, 6.07) is 18.5. The maximum absolute atomic E-state index is 14.1. The van der Waals surface area contributed by atoms with E-state index in [-0.39, 0.29) is 12.4 Å². The third-order valence-corrected chi connectivity index (χ3v) is 6.51. The molecule has 0 radical (unpaired) electrons. The molecule has 1 N–H and O–H groups in total. The van der Waals surface area contributed by atoms with Crippen LogP contribution in [0.3, 0.4) is 0 Å². The molecule has 1 unspecified atom stereocenters. The Kier molecular flexibility index (Phi) is 9.04. The number of benzene rings is 2. The summed E-state index contributed by atoms with van der Waals surface area (Å²) in [7, 11) is 0. The van der Waals surface area contributed by atoms with Gasteiger partial charge in [0.2, 0.25) is 5.88 Å². The van der Waals surface area contributed by atoms with E-state index in [0.29, 0.717) is 29.9 Å². The molecule has 0 saturated carbocycles. The summed E-state index contributed by atoms with van der Waals surface area (Å²) in [6.45, 7) is 7.41. The van der Waals surface area contributed by atoms with E-state index in [4.69, 9.17) is 15.9 Å². The van der Waals surface area contributed by atoms with Crippen molar-refractivity contribution < 1.29 is 13.9 Å². The Morgan fingerprint density at radius 3 is 2.53 bits per heavy atom. The van der Waals surface area contributed by atoms with Gasteiger partial charge in [0.15, 0.2) is 6.61 Å². The summed E-state index contributed by atoms with van der Waals surface area (Å²) < 4.78 is 26.3. The molecule has 1 aliphatic heterocycles. The van der Waals surface area contributed by atoms with E-state index in [9.17, 15) is 4.39 Å². The van der Waals surface area contributed by atoms with Crippen molar-refractivity contribution in [1.82, 2.24) is 9.88 Å². The second-order valence-corrected chi connectivity index (χ2v) is 9.64. The van der Waals surface area contributed by atoms with Gasteiger partial charge in [-0.1, -0.05) is 25.0 Å². The number of rotatable bonds is 10. The highest BCUT2D eigenvalue weighted by Crippen LogP contribution is 2.27. The van der Waals surface area contributed by atoms with Crippen LogP contribution in [0.5, 0.6) is 11.6 Å². The van der Waals surface area contributed by atoms with Crippen LogP contribution in [-0.2, 0) is 0 Å². The molecule has 1 fully saturated rings. The van der Waals surface area contributed by atoms with E-state index >= 15 is 0 Å². The summed E-state index contributed by atoms with van der Waals surface area (Å²) in [5, 5.41) is 3.26. The zero-order valence-electron chi connectivity index (χ0n) is 20.3. The molecule has 3 aromatic rings. The van der Waals surface area contributed by atoms with Gasteiger partial charge < -0.3 is 19.7 Å². The van der Waals surface area contributed by atoms with Gasteiger partial charge in [0.05, 0.1) is 16.8 Å². The maximum Gasteiger partial charge on any atom is 0.230 e. The fourth-order valence-corrected chi connectivity index (χ4v) is 4.43. The molecule has 36 heavy (non-hydrogen) atoms. The number of piperazine rings is 1. The smallest absolute Gasteiger partial charge is 0.230 e. The van der Waals surface area contributed by atoms with Crippen molar-refractivity contribution in [3.8, 4) is 24.0 Å². The number of nitrogens with one attached hydrogen (secondary N) is 1. The van der Waals surface area contributed by atoms with Crippen molar-refractivity contribution in [3.05, 3.63) is 71.0 Å². The number of halogens is 2. The molecule has 1 saturated heterocycles. The number of ether oxygens (including phenoxy) is 2. The molecule has 188 valence electrons. The molecule has 0 amide bonds. The van der Waals surface area contributed by atoms with Crippen molar-refractivity contribution in [2.75, 3.05) is 56.2 Å². The summed E-state index contributed by atoms with van der Waals surface area (Å²) in [4.78, 5) is 8.98. The Morgan fingerprint density at radius 2 is 1.81 bits per heavy atom. The number of para-hydroxylation sites is 1. The third kappa shape index (κ3) is 7.12. The van der Waals surface area contributed by atoms with Crippen LogP contribution in [0.1, 0.15) is 6.92 Å². The van der Waals surface area contributed by atoms with Crippen LogP contribution in [0.2, 0.25) is 0 Å². The molecule has 2 heterocycles. The van der Waals surface area contributed by atoms with E-state index in [2.05, 4.69) is 48.9 Å². The molecule has 1 aliphatic rings. The van der Waals surface area contributed by atoms with E-state index in [1.807, 2.05) is 48.5 Å². The van der Waals surface area contributed by atoms with Crippen molar-refractivity contribution in [1.29, 1.82) is 0 Å². The zero-order chi connectivity index (χ0) is 25.3. The number of nitrogens with zero attached hydrogens (tertiary/aromatic N) is 3. The van der Waals surface area contributed by atoms with Gasteiger partial charge >= 0.3 is 0 Å². The number of pyridine rings is 1. The SMILES string of the molecule is C#CCOc1nc(Nc2ccc(OCC(C)CN3CCN(c4ccccc4F)CC3)cc2)ccc1Br. The molecule has 2 aromatic carbocycles. The minimum atomic E-state index is -0.152. The van der Waals surface area contributed by atoms with Crippen molar-refractivity contribution in [2.45, 2.75) is 6.92 Å². The van der Waals surface area contributed by atoms with Crippen LogP contribution in [0.15, 0.2) is 65.1 Å². The average Bonchev–Trinajstić information content (AvgIpc) is 2.89. The Labute approximate surface area is 220 Å². The first kappa shape index (κ1) is 25.8. The van der Waals surface area contributed by atoms with Gasteiger partial charge in [-0.15, -0.1) is 6.42 Å². The molecule has 4 rings (SSSR count). The Morgan fingerprint density at radius 1 is 1.06 bits per heavy atom. The highest BCUT2D eigenvalue weighted by Gasteiger charge is 2.20. The van der Waals surface area contributed by atoms with Crippen molar-refractivity contribution in [3.63, 3.8) is 0 Å². The van der Waals surface area contributed by atoms with Crippen molar-refractivity contribution in [2.24, 2.45) is 5.92 Å². The number of hydrogen-bond donors (Lipinski definition) is 1. The highest BCUT2D eigenvalue weighted by molar-refractivity contribution is 9.10. The van der Waals surface area contributed by atoms with Crippen LogP contribution < -0.4 is 19.7 Å². The lowest BCUT2D eigenvalue weighted by Crippen LogP contribution is -2.48. The van der Waals surface area contributed by atoms with E-state index in [1.165, 1.54) is 6.07 Å². The summed E-state index contributed by atoms with van der Waals surface area (Å²) in [5.41, 5.74) is 1.58. The van der Waals surface area contributed by atoms with E-state index < -0.39 is 0 Å². The number of hydrogen-bond acceptors (Lipinski definition) is 6. The van der Waals surface area contributed by atoms with Crippen LogP contribution in [-0.4, -0.2) is 55.8 Å². The Bertz CT molecular complexity index is 1180. The van der Waals surface area contributed by atoms with Crippen molar-refractivity contribution >= 4 is 33.1 Å². The monoisotopic (exact) mass is 552 g/mol. The molecular weight excluding hydrogens is 523 g/mol. The minimum absolute atomic E-state index is 0.152. The third-order valence-electron chi connectivity index (χ3n) is 5.90. The molecule has 0 spiro atoms. The Hall–Kier alpha value is -3.28. The van der Waals surface area contributed by atoms with Gasteiger partial charge in [-0.25, -0.2) is 4.39 Å². The lowest BCUT2D eigenvalue weighted by Gasteiger charge is -2.37. The molecule has 0 bridgehead atoms. The largest absolute Gasteiger partial charge is 0.493 e. The molecule has 0 aliphatic carbocycles. The fourth-order valence-electron chi connectivity index (χ4n) is 4.10. The highest BCUT2D eigenvalue weighted by atomic mass is 79.9. The van der Waals surface area contributed by atoms with Crippen LogP contribution in [0.25, 0.3) is 0 Å². The second kappa shape index (κ2) is 12.6. The van der Waals surface area contributed by atoms with Gasteiger partial charge in [0, 0.05) is 44.3 Å². The Balaban J connectivity index is 1.21. The van der Waals surface area contributed by atoms with Gasteiger partial charge in [0.25, 0.3) is 0 Å². The van der Waals surface area contributed by atoms with Gasteiger partial charge in [0.1, 0.15) is 17.4 Å². The average molecular weight is 553 g/mol. The lowest BCUT2D eigenvalue weighted by atomic mass is 10.1. The predicted octanol–water partition coefficient (Wildman–Crippen LogP) is 5.58. The molecule has 6 nitrogen and oxygen atoms in total. The summed E-state index contributed by atoms with van der Waals surface area (Å²) >= 11 is 3.41. The second-order valence-electron chi connectivity index (χ2n) is 8.78. The first-order valence-corrected chi connectivity index (χ1v) is 12.8. The molecule has 8 heteroatoms. The fraction of sp³-hybridized carbons (Fsp3) is 0.321. The van der Waals surface area contributed by atoms with Crippen LogP contribution in [0.4, 0.5) is 21.6 Å². The molecular formula is C28H30BrFN4O2. The quantitative estimate of drug-likeness (QED) is 0.331. The normalized spacial score (nSPS) is 14.7. The zero-order valence-corrected chi connectivity index (χ0v) is 21.9. The number of aromatic nitrogens is 1. The summed E-state index contributed by atoms with van der Waals surface area (Å²) in [5.74, 6) is 4.57. The van der Waals surface area contributed by atoms with Gasteiger partial charge in [-0.3, -0.25) is 4.90 Å². The van der Waals surface area contributed by atoms with Crippen LogP contribution in [0, 0.1) is 24.1 Å². The minimum Gasteiger partial charge on any atom is -0.493 e. The molecule has 1 aromatic heterocycles. The van der Waals surface area contributed by atoms with Crippen LogP contribution >= 0.6 is 15.9 Å².